The molecule has 0 saturated carbocycles. The predicted molar refractivity (Wildman–Crippen MR) is 101 cm³/mol. The Labute approximate surface area is 148 Å². The smallest absolute Gasteiger partial charge is 0.244 e. The second kappa shape index (κ2) is 8.24. The van der Waals surface area contributed by atoms with Crippen LogP contribution < -0.4 is 10.2 Å². The van der Waals surface area contributed by atoms with E-state index in [0.717, 1.165) is 18.9 Å². The lowest BCUT2D eigenvalue weighted by molar-refractivity contribution is 0.796. The molecule has 3 rings (SSSR count). The number of nitrogens with zero attached hydrogens (tertiary/aromatic N) is 4. The first kappa shape index (κ1) is 16.9. The fourth-order valence-corrected chi connectivity index (χ4v) is 2.57. The number of aryl methyl sites for hydroxylation is 1. The van der Waals surface area contributed by atoms with Crippen LogP contribution in [0.5, 0.6) is 0 Å². The number of anilines is 2. The zero-order valence-electron chi connectivity index (χ0n) is 14.7. The maximum atomic E-state index is 4.61. The van der Waals surface area contributed by atoms with Crippen LogP contribution >= 0.6 is 0 Å². The van der Waals surface area contributed by atoms with Crippen LogP contribution in [0, 0.1) is 6.92 Å². The molecule has 0 fully saturated rings. The van der Waals surface area contributed by atoms with E-state index in [2.05, 4.69) is 87.8 Å². The van der Waals surface area contributed by atoms with Gasteiger partial charge in [0.1, 0.15) is 0 Å². The predicted octanol–water partition coefficient (Wildman–Crippen LogP) is 3.82. The summed E-state index contributed by atoms with van der Waals surface area (Å²) >= 11 is 0. The van der Waals surface area contributed by atoms with Gasteiger partial charge in [-0.1, -0.05) is 60.2 Å². The molecule has 5 heteroatoms. The molecule has 0 bridgehead atoms. The highest BCUT2D eigenvalue weighted by atomic mass is 15.3. The summed E-state index contributed by atoms with van der Waals surface area (Å²) in [5.41, 5.74) is 3.69. The molecule has 1 N–H and O–H groups in total. The average molecular weight is 333 g/mol. The van der Waals surface area contributed by atoms with Crippen LogP contribution in [0.15, 0.2) is 60.8 Å². The third kappa shape index (κ3) is 4.76. The topological polar surface area (TPSA) is 53.9 Å². The summed E-state index contributed by atoms with van der Waals surface area (Å²) in [5.74, 6) is 1.37. The molecule has 25 heavy (non-hydrogen) atoms. The van der Waals surface area contributed by atoms with E-state index < -0.39 is 0 Å². The van der Waals surface area contributed by atoms with Crippen molar-refractivity contribution in [3.63, 3.8) is 0 Å². The fraction of sp³-hybridized carbons (Fsp3) is 0.250. The molecule has 1 aromatic heterocycles. The zero-order valence-corrected chi connectivity index (χ0v) is 14.7. The first-order chi connectivity index (χ1) is 12.2. The van der Waals surface area contributed by atoms with Crippen LogP contribution in [0.1, 0.15) is 23.6 Å². The summed E-state index contributed by atoms with van der Waals surface area (Å²) in [6.07, 6.45) is 1.71. The van der Waals surface area contributed by atoms with Gasteiger partial charge in [-0.25, -0.2) is 0 Å². The molecule has 0 saturated heterocycles. The lowest BCUT2D eigenvalue weighted by Gasteiger charge is -2.21. The summed E-state index contributed by atoms with van der Waals surface area (Å²) in [6.45, 7) is 6.53. The van der Waals surface area contributed by atoms with Gasteiger partial charge >= 0.3 is 0 Å². The molecule has 0 aliphatic heterocycles. The van der Waals surface area contributed by atoms with Gasteiger partial charge in [0, 0.05) is 19.6 Å². The van der Waals surface area contributed by atoms with Gasteiger partial charge in [-0.3, -0.25) is 0 Å². The van der Waals surface area contributed by atoms with Crippen molar-refractivity contribution in [1.29, 1.82) is 0 Å². The monoisotopic (exact) mass is 333 g/mol. The molecule has 0 spiro atoms. The van der Waals surface area contributed by atoms with Crippen molar-refractivity contribution in [2.45, 2.75) is 26.9 Å². The minimum absolute atomic E-state index is 0.546. The highest BCUT2D eigenvalue weighted by molar-refractivity contribution is 5.41. The largest absolute Gasteiger partial charge is 0.351 e. The average Bonchev–Trinajstić information content (AvgIpc) is 2.67. The molecular weight excluding hydrogens is 310 g/mol. The van der Waals surface area contributed by atoms with Crippen molar-refractivity contribution in [2.75, 3.05) is 16.8 Å². The van der Waals surface area contributed by atoms with Crippen LogP contribution in [0.25, 0.3) is 0 Å². The van der Waals surface area contributed by atoms with Crippen molar-refractivity contribution in [1.82, 2.24) is 15.2 Å². The van der Waals surface area contributed by atoms with E-state index in [4.69, 9.17) is 0 Å². The first-order valence-corrected chi connectivity index (χ1v) is 8.52. The van der Waals surface area contributed by atoms with Crippen molar-refractivity contribution < 1.29 is 0 Å². The molecule has 1 heterocycles. The molecule has 2 aromatic carbocycles. The Morgan fingerprint density at radius 2 is 1.72 bits per heavy atom. The second-order valence-corrected chi connectivity index (χ2v) is 5.98. The number of rotatable bonds is 7. The summed E-state index contributed by atoms with van der Waals surface area (Å²) in [7, 11) is 0. The van der Waals surface area contributed by atoms with Crippen molar-refractivity contribution >= 4 is 11.8 Å². The van der Waals surface area contributed by atoms with Crippen LogP contribution in [-0.2, 0) is 13.1 Å². The van der Waals surface area contributed by atoms with E-state index >= 15 is 0 Å². The molecule has 5 nitrogen and oxygen atoms in total. The fourth-order valence-electron chi connectivity index (χ4n) is 2.57. The Morgan fingerprint density at radius 1 is 0.960 bits per heavy atom. The maximum Gasteiger partial charge on any atom is 0.244 e. The number of benzene rings is 2. The molecule has 0 atom stereocenters. The molecule has 0 unspecified atom stereocenters. The first-order valence-electron chi connectivity index (χ1n) is 8.52. The normalized spacial score (nSPS) is 10.5. The van der Waals surface area contributed by atoms with Crippen LogP contribution in [0.4, 0.5) is 11.8 Å². The Hall–Kier alpha value is -2.95. The number of hydrogen-bond donors (Lipinski definition) is 1. The van der Waals surface area contributed by atoms with Crippen molar-refractivity contribution in [3.8, 4) is 0 Å². The zero-order chi connectivity index (χ0) is 17.5. The minimum Gasteiger partial charge on any atom is -0.351 e. The molecule has 3 aromatic rings. The number of hydrogen-bond acceptors (Lipinski definition) is 5. The van der Waals surface area contributed by atoms with Crippen LogP contribution in [0.3, 0.4) is 0 Å². The Bertz CT molecular complexity index is 787. The van der Waals surface area contributed by atoms with Gasteiger partial charge in [-0.15, -0.1) is 5.10 Å². The molecule has 0 radical (unpaired) electrons. The third-order valence-electron chi connectivity index (χ3n) is 4.04. The van der Waals surface area contributed by atoms with Gasteiger partial charge < -0.3 is 10.2 Å². The Morgan fingerprint density at radius 3 is 2.44 bits per heavy atom. The number of nitrogens with one attached hydrogen (secondary N) is 1. The third-order valence-corrected chi connectivity index (χ3v) is 4.04. The van der Waals surface area contributed by atoms with Crippen molar-refractivity contribution in [3.05, 3.63) is 77.5 Å². The second-order valence-electron chi connectivity index (χ2n) is 5.98. The SMILES string of the molecule is CCN(Cc1ccccc1)c1cnnc(NCc2ccc(C)cc2)n1. The van der Waals surface area contributed by atoms with E-state index in [1.54, 1.807) is 6.20 Å². The van der Waals surface area contributed by atoms with E-state index in [9.17, 15) is 0 Å². The van der Waals surface area contributed by atoms with E-state index in [1.807, 2.05) is 6.07 Å². The highest BCUT2D eigenvalue weighted by Gasteiger charge is 2.09. The number of aromatic nitrogens is 3. The summed E-state index contributed by atoms with van der Waals surface area (Å²) < 4.78 is 0. The van der Waals surface area contributed by atoms with E-state index in [1.165, 1.54) is 16.7 Å². The van der Waals surface area contributed by atoms with Crippen LogP contribution in [0.2, 0.25) is 0 Å². The van der Waals surface area contributed by atoms with Gasteiger partial charge in [-0.05, 0) is 25.0 Å². The lowest BCUT2D eigenvalue weighted by atomic mass is 10.1. The summed E-state index contributed by atoms with van der Waals surface area (Å²) in [6, 6.07) is 18.8. The van der Waals surface area contributed by atoms with E-state index in [0.29, 0.717) is 12.5 Å². The van der Waals surface area contributed by atoms with Gasteiger partial charge in [0.2, 0.25) is 5.95 Å². The Kier molecular flexibility index (Phi) is 5.57. The van der Waals surface area contributed by atoms with Crippen molar-refractivity contribution in [2.24, 2.45) is 0 Å². The van der Waals surface area contributed by atoms with Gasteiger partial charge in [0.25, 0.3) is 0 Å². The quantitative estimate of drug-likeness (QED) is 0.712. The lowest BCUT2D eigenvalue weighted by Crippen LogP contribution is -2.24. The van der Waals surface area contributed by atoms with E-state index in [-0.39, 0.29) is 0 Å². The molecular formula is C20H23N5. The molecule has 0 aliphatic carbocycles. The highest BCUT2D eigenvalue weighted by Crippen LogP contribution is 2.15. The molecule has 0 aliphatic rings. The van der Waals surface area contributed by atoms with Gasteiger partial charge in [-0.2, -0.15) is 10.1 Å². The minimum atomic E-state index is 0.546. The van der Waals surface area contributed by atoms with Gasteiger partial charge in [0.15, 0.2) is 5.82 Å². The molecule has 128 valence electrons. The van der Waals surface area contributed by atoms with Crippen LogP contribution in [-0.4, -0.2) is 21.7 Å². The molecule has 0 amide bonds. The summed E-state index contributed by atoms with van der Waals surface area (Å²) in [4.78, 5) is 6.80. The summed E-state index contributed by atoms with van der Waals surface area (Å²) in [5, 5.41) is 11.5. The Balaban J connectivity index is 1.68. The standard InChI is InChI=1S/C20H23N5/c1-3-25(15-18-7-5-4-6-8-18)19-14-22-24-20(23-19)21-13-17-11-9-16(2)10-12-17/h4-12,14H,3,13,15H2,1-2H3,(H,21,23,24). The maximum absolute atomic E-state index is 4.61. The van der Waals surface area contributed by atoms with Gasteiger partial charge in [0.05, 0.1) is 6.20 Å².